The quantitative estimate of drug-likeness (QED) is 0.571. The highest BCUT2D eigenvalue weighted by molar-refractivity contribution is 5.18. The van der Waals surface area contributed by atoms with Crippen LogP contribution in [-0.2, 0) is 13.1 Å². The van der Waals surface area contributed by atoms with Crippen LogP contribution < -0.4 is 0 Å². The van der Waals surface area contributed by atoms with E-state index in [1.165, 1.54) is 17.8 Å². The summed E-state index contributed by atoms with van der Waals surface area (Å²) in [5.41, 5.74) is 2.27. The van der Waals surface area contributed by atoms with Gasteiger partial charge in [0.05, 0.1) is 6.10 Å². The van der Waals surface area contributed by atoms with Gasteiger partial charge in [-0.25, -0.2) is 4.39 Å². The van der Waals surface area contributed by atoms with Gasteiger partial charge in [-0.05, 0) is 55.5 Å². The summed E-state index contributed by atoms with van der Waals surface area (Å²) in [5.74, 6) is 0.286. The van der Waals surface area contributed by atoms with Crippen LogP contribution >= 0.6 is 0 Å². The van der Waals surface area contributed by atoms with Crippen LogP contribution in [0.1, 0.15) is 44.9 Å². The first-order valence-corrected chi connectivity index (χ1v) is 9.82. The van der Waals surface area contributed by atoms with Crippen LogP contribution in [0.2, 0.25) is 0 Å². The average Bonchev–Trinajstić information content (AvgIpc) is 3.07. The maximum absolute atomic E-state index is 13.1. The van der Waals surface area contributed by atoms with Crippen LogP contribution in [-0.4, -0.2) is 33.3 Å². The Balaban J connectivity index is 2.11. The first-order valence-electron chi connectivity index (χ1n) is 9.82. The Morgan fingerprint density at radius 1 is 1.19 bits per heavy atom. The van der Waals surface area contributed by atoms with Crippen molar-refractivity contribution in [3.63, 3.8) is 0 Å². The lowest BCUT2D eigenvalue weighted by molar-refractivity contribution is 0.0663. The molecule has 1 aromatic heterocycles. The maximum Gasteiger partial charge on any atom is 0.123 e. The topological polar surface area (TPSA) is 28.4 Å². The number of aliphatic hydroxyl groups is 1. The zero-order chi connectivity index (χ0) is 19.8. The second-order valence-corrected chi connectivity index (χ2v) is 7.69. The third-order valence-corrected chi connectivity index (χ3v) is 5.24. The van der Waals surface area contributed by atoms with Gasteiger partial charge in [-0.1, -0.05) is 32.1 Å². The molecular weight excluding hydrogens is 339 g/mol. The first-order chi connectivity index (χ1) is 12.9. The summed E-state index contributed by atoms with van der Waals surface area (Å²) in [7, 11) is 0. The van der Waals surface area contributed by atoms with Crippen molar-refractivity contribution < 1.29 is 9.50 Å². The van der Waals surface area contributed by atoms with Gasteiger partial charge in [0.25, 0.3) is 0 Å². The van der Waals surface area contributed by atoms with Crippen molar-refractivity contribution in [1.29, 1.82) is 0 Å². The largest absolute Gasteiger partial charge is 0.392 e. The fraction of sp³-hybridized carbons (Fsp3) is 0.478. The van der Waals surface area contributed by atoms with Crippen molar-refractivity contribution in [3.8, 4) is 0 Å². The maximum atomic E-state index is 13.1. The minimum absolute atomic E-state index is 0.211. The number of rotatable bonds is 11. The molecular formula is C23H33FN2O. The third-order valence-electron chi connectivity index (χ3n) is 5.24. The monoisotopic (exact) mass is 372 g/mol. The van der Waals surface area contributed by atoms with E-state index in [1.54, 1.807) is 0 Å². The summed E-state index contributed by atoms with van der Waals surface area (Å²) in [6, 6.07) is 11.2. The Hall–Kier alpha value is -1.91. The number of nitrogens with zero attached hydrogens (tertiary/aromatic N) is 2. The molecule has 0 saturated carbocycles. The van der Waals surface area contributed by atoms with Crippen LogP contribution in [0.4, 0.5) is 4.39 Å². The van der Waals surface area contributed by atoms with Gasteiger partial charge in [0.1, 0.15) is 5.82 Å². The van der Waals surface area contributed by atoms with E-state index in [-0.39, 0.29) is 11.9 Å². The van der Waals surface area contributed by atoms with E-state index in [1.807, 2.05) is 24.3 Å². The molecule has 2 rings (SSSR count). The molecule has 0 radical (unpaired) electrons. The number of aromatic nitrogens is 1. The number of benzene rings is 1. The Labute approximate surface area is 163 Å². The van der Waals surface area contributed by atoms with E-state index < -0.39 is 0 Å². The predicted octanol–water partition coefficient (Wildman–Crippen LogP) is 4.85. The Morgan fingerprint density at radius 3 is 2.52 bits per heavy atom. The fourth-order valence-corrected chi connectivity index (χ4v) is 3.21. The zero-order valence-electron chi connectivity index (χ0n) is 16.8. The molecule has 3 nitrogen and oxygen atoms in total. The predicted molar refractivity (Wildman–Crippen MR) is 110 cm³/mol. The van der Waals surface area contributed by atoms with Gasteiger partial charge >= 0.3 is 0 Å². The van der Waals surface area contributed by atoms with E-state index in [0.717, 1.165) is 24.9 Å². The number of halogens is 1. The molecule has 2 unspecified atom stereocenters. The van der Waals surface area contributed by atoms with Gasteiger partial charge in [0, 0.05) is 37.6 Å². The molecule has 4 heteroatoms. The lowest BCUT2D eigenvalue weighted by Crippen LogP contribution is -2.41. The van der Waals surface area contributed by atoms with Crippen LogP contribution in [0.25, 0.3) is 0 Å². The highest BCUT2D eigenvalue weighted by Crippen LogP contribution is 2.18. The molecule has 0 saturated heterocycles. The second-order valence-electron chi connectivity index (χ2n) is 7.69. The standard InChI is InChI=1S/C23H33FN2O/c1-5-6-9-23(27)17-26(19(4)18(2)3)16-22-8-7-14-25(22)15-20-10-12-21(24)13-11-20/h5,7-8,10-14,18-19,23,27H,1,6,9,15-17H2,2-4H3. The molecule has 0 bridgehead atoms. The summed E-state index contributed by atoms with van der Waals surface area (Å²) in [6.07, 6.45) is 5.12. The second kappa shape index (κ2) is 10.4. The van der Waals surface area contributed by atoms with E-state index in [4.69, 9.17) is 0 Å². The van der Waals surface area contributed by atoms with Crippen molar-refractivity contribution in [1.82, 2.24) is 9.47 Å². The highest BCUT2D eigenvalue weighted by atomic mass is 19.1. The molecule has 148 valence electrons. The Kier molecular flexibility index (Phi) is 8.26. The zero-order valence-corrected chi connectivity index (χ0v) is 16.8. The number of allylic oxidation sites excluding steroid dienone is 1. The highest BCUT2D eigenvalue weighted by Gasteiger charge is 2.21. The molecule has 0 spiro atoms. The van der Waals surface area contributed by atoms with Gasteiger partial charge in [0.2, 0.25) is 0 Å². The van der Waals surface area contributed by atoms with Crippen molar-refractivity contribution in [2.75, 3.05) is 6.54 Å². The van der Waals surface area contributed by atoms with Crippen LogP contribution in [0.3, 0.4) is 0 Å². The third kappa shape index (κ3) is 6.64. The summed E-state index contributed by atoms with van der Waals surface area (Å²) < 4.78 is 15.3. The minimum atomic E-state index is -0.357. The fourth-order valence-electron chi connectivity index (χ4n) is 3.21. The normalized spacial score (nSPS) is 13.9. The molecule has 0 aliphatic heterocycles. The van der Waals surface area contributed by atoms with Crippen molar-refractivity contribution in [2.45, 2.75) is 58.8 Å². The van der Waals surface area contributed by atoms with Gasteiger partial charge in [0.15, 0.2) is 0 Å². The van der Waals surface area contributed by atoms with Crippen LogP contribution in [0.5, 0.6) is 0 Å². The Bertz CT molecular complexity index is 693. The van der Waals surface area contributed by atoms with E-state index in [0.29, 0.717) is 25.0 Å². The molecule has 1 aromatic carbocycles. The number of aliphatic hydroxyl groups excluding tert-OH is 1. The number of hydrogen-bond acceptors (Lipinski definition) is 2. The summed E-state index contributed by atoms with van der Waals surface area (Å²) >= 11 is 0. The molecule has 0 amide bonds. The van der Waals surface area contributed by atoms with Crippen molar-refractivity contribution >= 4 is 0 Å². The average molecular weight is 373 g/mol. The SMILES string of the molecule is C=CCCC(O)CN(Cc1cccn1Cc1ccc(F)cc1)C(C)C(C)C. The summed E-state index contributed by atoms with van der Waals surface area (Å²) in [4.78, 5) is 2.36. The molecule has 2 atom stereocenters. The lowest BCUT2D eigenvalue weighted by atomic mass is 10.0. The number of hydrogen-bond donors (Lipinski definition) is 1. The van der Waals surface area contributed by atoms with Crippen molar-refractivity contribution in [2.24, 2.45) is 5.92 Å². The summed E-state index contributed by atoms with van der Waals surface area (Å²) in [6.45, 7) is 12.5. The van der Waals surface area contributed by atoms with E-state index >= 15 is 0 Å². The lowest BCUT2D eigenvalue weighted by Gasteiger charge is -2.33. The van der Waals surface area contributed by atoms with Gasteiger partial charge in [-0.2, -0.15) is 0 Å². The van der Waals surface area contributed by atoms with Gasteiger partial charge in [-0.3, -0.25) is 4.90 Å². The molecule has 2 aromatic rings. The smallest absolute Gasteiger partial charge is 0.123 e. The van der Waals surface area contributed by atoms with Crippen LogP contribution in [0, 0.1) is 11.7 Å². The van der Waals surface area contributed by atoms with E-state index in [9.17, 15) is 9.50 Å². The summed E-state index contributed by atoms with van der Waals surface area (Å²) in [5, 5.41) is 10.4. The Morgan fingerprint density at radius 2 is 1.89 bits per heavy atom. The molecule has 1 heterocycles. The molecule has 27 heavy (non-hydrogen) atoms. The molecule has 0 fully saturated rings. The first kappa shape index (κ1) is 21.4. The van der Waals surface area contributed by atoms with Gasteiger partial charge in [-0.15, -0.1) is 6.58 Å². The van der Waals surface area contributed by atoms with Crippen LogP contribution in [0.15, 0.2) is 55.3 Å². The van der Waals surface area contributed by atoms with E-state index in [2.05, 4.69) is 49.1 Å². The van der Waals surface area contributed by atoms with Crippen molar-refractivity contribution in [3.05, 3.63) is 72.3 Å². The molecule has 0 aliphatic carbocycles. The molecule has 0 aliphatic rings. The van der Waals surface area contributed by atoms with Gasteiger partial charge < -0.3 is 9.67 Å². The minimum Gasteiger partial charge on any atom is -0.392 e. The molecule has 1 N–H and O–H groups in total.